The number of rotatable bonds is 6. The number of methoxy groups -OCH3 is 1. The van der Waals surface area contributed by atoms with E-state index in [0.717, 1.165) is 11.1 Å². The highest BCUT2D eigenvalue weighted by Crippen LogP contribution is 2.36. The van der Waals surface area contributed by atoms with Gasteiger partial charge in [0.25, 0.3) is 0 Å². The monoisotopic (exact) mass is 411 g/mol. The Kier molecular flexibility index (Phi) is 6.51. The Morgan fingerprint density at radius 3 is 2.71 bits per heavy atom. The first-order chi connectivity index (χ1) is 11.5. The molecule has 2 rings (SSSR count). The Morgan fingerprint density at radius 2 is 2.08 bits per heavy atom. The zero-order chi connectivity index (χ0) is 17.5. The summed E-state index contributed by atoms with van der Waals surface area (Å²) in [7, 11) is 1.54. The molecular formula is C16H15BrFN3O2S. The number of hydrogen-bond donors (Lipinski definition) is 2. The lowest BCUT2D eigenvalue weighted by Crippen LogP contribution is -2.23. The largest absolute Gasteiger partial charge is 0.493 e. The molecule has 2 aromatic rings. The average Bonchev–Trinajstić information content (AvgIpc) is 2.54. The highest BCUT2D eigenvalue weighted by Gasteiger charge is 2.11. The van der Waals surface area contributed by atoms with Crippen LogP contribution in [0.2, 0.25) is 0 Å². The van der Waals surface area contributed by atoms with E-state index >= 15 is 0 Å². The first kappa shape index (κ1) is 18.2. The van der Waals surface area contributed by atoms with Gasteiger partial charge in [0, 0.05) is 0 Å². The third kappa shape index (κ3) is 5.17. The van der Waals surface area contributed by atoms with Crippen molar-refractivity contribution in [1.29, 1.82) is 0 Å². The molecule has 0 spiro atoms. The van der Waals surface area contributed by atoms with Gasteiger partial charge in [-0.25, -0.2) is 4.39 Å². The highest BCUT2D eigenvalue weighted by atomic mass is 79.9. The van der Waals surface area contributed by atoms with Gasteiger partial charge in [0.2, 0.25) is 0 Å². The summed E-state index contributed by atoms with van der Waals surface area (Å²) >= 11 is 8.12. The van der Waals surface area contributed by atoms with Crippen LogP contribution in [0, 0.1) is 5.82 Å². The van der Waals surface area contributed by atoms with Crippen molar-refractivity contribution in [2.75, 3.05) is 7.11 Å². The van der Waals surface area contributed by atoms with Crippen LogP contribution in [0.15, 0.2) is 46.0 Å². The number of nitrogens with zero attached hydrogens (tertiary/aromatic N) is 1. The van der Waals surface area contributed by atoms with Gasteiger partial charge in [-0.15, -0.1) is 0 Å². The summed E-state index contributed by atoms with van der Waals surface area (Å²) in [6.07, 6.45) is 1.55. The second-order valence-corrected chi connectivity index (χ2v) is 5.98. The van der Waals surface area contributed by atoms with Gasteiger partial charge in [-0.2, -0.15) is 5.10 Å². The van der Waals surface area contributed by atoms with Gasteiger partial charge in [-0.1, -0.05) is 12.1 Å². The smallest absolute Gasteiger partial charge is 0.184 e. The van der Waals surface area contributed by atoms with Gasteiger partial charge in [0.15, 0.2) is 16.6 Å². The normalized spacial score (nSPS) is 10.6. The lowest BCUT2D eigenvalue weighted by Gasteiger charge is -2.13. The van der Waals surface area contributed by atoms with E-state index in [-0.39, 0.29) is 17.5 Å². The summed E-state index contributed by atoms with van der Waals surface area (Å²) in [6.45, 7) is 0.283. The number of benzene rings is 2. The molecule has 0 atom stereocenters. The molecule has 0 bridgehead atoms. The van der Waals surface area contributed by atoms with Crippen molar-refractivity contribution in [3.05, 3.63) is 57.8 Å². The predicted octanol–water partition coefficient (Wildman–Crippen LogP) is 3.34. The molecule has 0 amide bonds. The zero-order valence-electron chi connectivity index (χ0n) is 12.8. The summed E-state index contributed by atoms with van der Waals surface area (Å²) in [5.74, 6) is 0.788. The van der Waals surface area contributed by atoms with Crippen molar-refractivity contribution in [3.8, 4) is 11.5 Å². The molecule has 0 unspecified atom stereocenters. The minimum absolute atomic E-state index is 0.0801. The molecule has 0 aliphatic heterocycles. The van der Waals surface area contributed by atoms with Gasteiger partial charge < -0.3 is 15.2 Å². The minimum Gasteiger partial charge on any atom is -0.493 e. The van der Waals surface area contributed by atoms with E-state index < -0.39 is 0 Å². The second-order valence-electron chi connectivity index (χ2n) is 4.68. The van der Waals surface area contributed by atoms with Crippen LogP contribution >= 0.6 is 28.1 Å². The molecule has 0 fully saturated rings. The van der Waals surface area contributed by atoms with Crippen LogP contribution in [-0.4, -0.2) is 18.4 Å². The third-order valence-corrected chi connectivity index (χ3v) is 3.62. The van der Waals surface area contributed by atoms with E-state index in [1.54, 1.807) is 31.5 Å². The van der Waals surface area contributed by atoms with Crippen molar-refractivity contribution < 1.29 is 13.9 Å². The maximum Gasteiger partial charge on any atom is 0.184 e. The number of ether oxygens (including phenoxy) is 2. The number of nitrogens with two attached hydrogens (primary N) is 1. The molecule has 0 aliphatic carbocycles. The van der Waals surface area contributed by atoms with Crippen LogP contribution in [0.3, 0.4) is 0 Å². The maximum absolute atomic E-state index is 12.9. The van der Waals surface area contributed by atoms with Gasteiger partial charge in [-0.3, -0.25) is 5.43 Å². The fourth-order valence-electron chi connectivity index (χ4n) is 1.86. The summed E-state index contributed by atoms with van der Waals surface area (Å²) in [5, 5.41) is 3.98. The molecular weight excluding hydrogens is 397 g/mol. The number of nitrogens with one attached hydrogen (secondary N) is 1. The summed E-state index contributed by atoms with van der Waals surface area (Å²) in [6, 6.07) is 9.68. The topological polar surface area (TPSA) is 68.9 Å². The standard InChI is InChI=1S/C16H15BrFN3O2S/c1-22-14-7-11(8-20-21-16(19)24)6-13(17)15(14)23-9-10-2-4-12(18)5-3-10/h2-8H,9H2,1H3,(H3,19,21,24)/b20-8-. The summed E-state index contributed by atoms with van der Waals surface area (Å²) in [4.78, 5) is 0. The fourth-order valence-corrected chi connectivity index (χ4v) is 2.49. The van der Waals surface area contributed by atoms with E-state index in [0.29, 0.717) is 16.0 Å². The third-order valence-electron chi connectivity index (χ3n) is 2.94. The number of halogens is 2. The van der Waals surface area contributed by atoms with E-state index in [1.165, 1.54) is 12.1 Å². The molecule has 8 heteroatoms. The van der Waals surface area contributed by atoms with Crippen molar-refractivity contribution in [2.45, 2.75) is 6.61 Å². The SMILES string of the molecule is COc1cc(/C=N\NC(N)=S)cc(Br)c1OCc1ccc(F)cc1. The number of hydrazone groups is 1. The lowest BCUT2D eigenvalue weighted by molar-refractivity contribution is 0.282. The number of thiocarbonyl (C=S) groups is 1. The molecule has 0 radical (unpaired) electrons. The number of hydrogen-bond acceptors (Lipinski definition) is 4. The van der Waals surface area contributed by atoms with Crippen molar-refractivity contribution in [1.82, 2.24) is 5.43 Å². The van der Waals surface area contributed by atoms with Crippen LogP contribution in [0.5, 0.6) is 11.5 Å². The molecule has 2 aromatic carbocycles. The molecule has 24 heavy (non-hydrogen) atoms. The molecule has 0 aliphatic rings. The molecule has 5 nitrogen and oxygen atoms in total. The molecule has 126 valence electrons. The van der Waals surface area contributed by atoms with Crippen molar-refractivity contribution in [3.63, 3.8) is 0 Å². The Morgan fingerprint density at radius 1 is 1.38 bits per heavy atom. The molecule has 0 heterocycles. The first-order valence-electron chi connectivity index (χ1n) is 6.83. The van der Waals surface area contributed by atoms with Crippen LogP contribution in [0.4, 0.5) is 4.39 Å². The maximum atomic E-state index is 12.9. The van der Waals surface area contributed by atoms with Crippen molar-refractivity contribution >= 4 is 39.5 Å². The summed E-state index contributed by atoms with van der Waals surface area (Å²) < 4.78 is 24.8. The second kappa shape index (κ2) is 8.60. The Bertz CT molecular complexity index is 754. The molecule has 0 saturated carbocycles. The van der Waals surface area contributed by atoms with Crippen molar-refractivity contribution in [2.24, 2.45) is 10.8 Å². The van der Waals surface area contributed by atoms with Gasteiger partial charge >= 0.3 is 0 Å². The quantitative estimate of drug-likeness (QED) is 0.433. The van der Waals surface area contributed by atoms with Crippen LogP contribution in [0.1, 0.15) is 11.1 Å². The van der Waals surface area contributed by atoms with E-state index in [4.69, 9.17) is 15.2 Å². The van der Waals surface area contributed by atoms with Crippen LogP contribution in [-0.2, 0) is 6.61 Å². The molecule has 0 saturated heterocycles. The van der Waals surface area contributed by atoms with Crippen LogP contribution in [0.25, 0.3) is 0 Å². The van der Waals surface area contributed by atoms with Crippen LogP contribution < -0.4 is 20.6 Å². The van der Waals surface area contributed by atoms with E-state index in [2.05, 4.69) is 38.7 Å². The fraction of sp³-hybridized carbons (Fsp3) is 0.125. The lowest BCUT2D eigenvalue weighted by atomic mass is 10.2. The predicted molar refractivity (Wildman–Crippen MR) is 98.9 cm³/mol. The van der Waals surface area contributed by atoms with Gasteiger partial charge in [0.1, 0.15) is 12.4 Å². The van der Waals surface area contributed by atoms with E-state index in [1.807, 2.05) is 6.07 Å². The summed E-state index contributed by atoms with van der Waals surface area (Å²) in [5.41, 5.74) is 9.38. The Labute approximate surface area is 152 Å². The Balaban J connectivity index is 2.15. The zero-order valence-corrected chi connectivity index (χ0v) is 15.2. The highest BCUT2D eigenvalue weighted by molar-refractivity contribution is 9.10. The van der Waals surface area contributed by atoms with Gasteiger partial charge in [-0.05, 0) is 63.5 Å². The Hall–Kier alpha value is -2.19. The average molecular weight is 412 g/mol. The van der Waals surface area contributed by atoms with Gasteiger partial charge in [0.05, 0.1) is 17.8 Å². The first-order valence-corrected chi connectivity index (χ1v) is 8.03. The minimum atomic E-state index is -0.285. The molecule has 0 aromatic heterocycles. The van der Waals surface area contributed by atoms with E-state index in [9.17, 15) is 4.39 Å². The molecule has 3 N–H and O–H groups in total.